The van der Waals surface area contributed by atoms with Crippen LogP contribution in [0, 0.1) is 0 Å². The summed E-state index contributed by atoms with van der Waals surface area (Å²) in [5.41, 5.74) is 0. The maximum absolute atomic E-state index is 7.17. The molecule has 0 bridgehead atoms. The van der Waals surface area contributed by atoms with Crippen LogP contribution in [0.2, 0.25) is 0 Å². The van der Waals surface area contributed by atoms with Crippen molar-refractivity contribution >= 4 is 97.2 Å². The maximum atomic E-state index is 7.17. The Morgan fingerprint density at radius 2 is 0.167 bits per heavy atom. The van der Waals surface area contributed by atoms with Gasteiger partial charge in [-0.3, -0.25) is 0 Å². The Balaban J connectivity index is -0.0000000210. The van der Waals surface area contributed by atoms with Crippen molar-refractivity contribution in [3.63, 3.8) is 0 Å². The van der Waals surface area contributed by atoms with E-state index < -0.39 is 73.2 Å². The second kappa shape index (κ2) is 73.3. The van der Waals surface area contributed by atoms with Crippen molar-refractivity contribution in [1.29, 1.82) is 0 Å². The van der Waals surface area contributed by atoms with Gasteiger partial charge in [-0.05, 0) is 0 Å². The van der Waals surface area contributed by atoms with Gasteiger partial charge in [0.15, 0.2) is 0 Å². The van der Waals surface area contributed by atoms with Crippen molar-refractivity contribution < 1.29 is 171 Å². The summed E-state index contributed by atoms with van der Waals surface area (Å²) in [4.78, 5) is 0. The molecule has 0 saturated heterocycles. The Hall–Kier alpha value is 0.777. The standard InChI is InChI=1S/10BH3O3.HI.Li.H/c10*2-1(3)4;;;/h10*2-4H;1H;;/q;;;;;;;;;;;+1;-1. The second-order valence-electron chi connectivity index (χ2n) is 3.46. The van der Waals surface area contributed by atoms with E-state index >= 15 is 0 Å². The largest absolute Gasteiger partial charge is 1.00 e. The third-order valence-corrected chi connectivity index (χ3v) is 0. The first-order chi connectivity index (χ1) is 17.3. The molecule has 0 aliphatic carbocycles. The molecule has 0 aromatic heterocycles. The molecule has 42 heteroatoms. The zero-order chi connectivity index (χ0) is 35.8. The van der Waals surface area contributed by atoms with Gasteiger partial charge in [-0.25, -0.2) is 0 Å². The normalized spacial score (nSPS) is 6.43. The minimum atomic E-state index is -2.17. The Labute approximate surface area is 267 Å². The summed E-state index contributed by atoms with van der Waals surface area (Å²) in [6.45, 7) is 0. The van der Waals surface area contributed by atoms with Gasteiger partial charge in [0.1, 0.15) is 0 Å². The van der Waals surface area contributed by atoms with Crippen LogP contribution in [-0.4, -0.2) is 224 Å². The Bertz CT molecular complexity index is 200. The van der Waals surface area contributed by atoms with E-state index in [2.05, 4.69) is 0 Å². The van der Waals surface area contributed by atoms with Crippen molar-refractivity contribution in [3.05, 3.63) is 0 Å². The van der Waals surface area contributed by atoms with Crippen molar-refractivity contribution in [2.75, 3.05) is 0 Å². The van der Waals surface area contributed by atoms with Crippen LogP contribution >= 0.6 is 24.0 Å². The molecule has 0 aliphatic rings. The predicted molar refractivity (Wildman–Crippen MR) is 141 cm³/mol. The summed E-state index contributed by atoms with van der Waals surface area (Å²) in [5.74, 6) is 0. The van der Waals surface area contributed by atoms with Crippen LogP contribution in [0.5, 0.6) is 0 Å². The van der Waals surface area contributed by atoms with E-state index in [1.54, 1.807) is 0 Å². The summed E-state index contributed by atoms with van der Waals surface area (Å²) in [6.07, 6.45) is 0. The van der Waals surface area contributed by atoms with Crippen LogP contribution in [0.3, 0.4) is 0 Å². The Morgan fingerprint density at radius 1 is 0.167 bits per heavy atom. The van der Waals surface area contributed by atoms with Crippen LogP contribution in [0.1, 0.15) is 1.43 Å². The molecule has 0 aliphatic heterocycles. The fraction of sp³-hybridized carbons (Fsp3) is 0. The third-order valence-electron chi connectivity index (χ3n) is 0. The van der Waals surface area contributed by atoms with Crippen LogP contribution < -0.4 is 18.9 Å². The van der Waals surface area contributed by atoms with E-state index in [0.717, 1.165) is 0 Å². The van der Waals surface area contributed by atoms with Gasteiger partial charge in [0, 0.05) is 0 Å². The van der Waals surface area contributed by atoms with Gasteiger partial charge in [0.05, 0.1) is 0 Å². The smallest absolute Gasteiger partial charge is 1.00 e. The molecule has 0 heterocycles. The van der Waals surface area contributed by atoms with Crippen LogP contribution in [0.4, 0.5) is 0 Å². The van der Waals surface area contributed by atoms with Gasteiger partial charge in [0.25, 0.3) is 0 Å². The Kier molecular flexibility index (Phi) is 138. The van der Waals surface area contributed by atoms with Gasteiger partial charge in [-0.15, -0.1) is 24.0 Å². The van der Waals surface area contributed by atoms with E-state index in [-0.39, 0.29) is 44.3 Å². The van der Waals surface area contributed by atoms with E-state index in [1.165, 1.54) is 0 Å². The van der Waals surface area contributed by atoms with Crippen molar-refractivity contribution in [3.8, 4) is 0 Å². The molecule has 30 nitrogen and oxygen atoms in total. The van der Waals surface area contributed by atoms with Crippen LogP contribution in [-0.2, 0) is 0 Å². The van der Waals surface area contributed by atoms with Gasteiger partial charge >= 0.3 is 92.1 Å². The molecule has 0 radical (unpaired) electrons. The van der Waals surface area contributed by atoms with E-state index in [9.17, 15) is 0 Å². The number of rotatable bonds is 0. The van der Waals surface area contributed by atoms with E-state index in [4.69, 9.17) is 151 Å². The Morgan fingerprint density at radius 3 is 0.167 bits per heavy atom. The number of hydrogen-bond acceptors (Lipinski definition) is 30. The topological polar surface area (TPSA) is 607 Å². The van der Waals surface area contributed by atoms with Gasteiger partial charge < -0.3 is 152 Å². The van der Waals surface area contributed by atoms with E-state index in [1.807, 2.05) is 0 Å². The average molecular weight is 754 g/mol. The predicted octanol–water partition coefficient (Wildman–Crippen LogP) is -22.8. The molecule has 0 amide bonds. The SMILES string of the molecule is I.OB(O)O.OB(O)O.OB(O)O.OB(O)O.OB(O)O.OB(O)O.OB(O)O.OB(O)O.OB(O)O.OB(O)O.[H-].[Li+]. The monoisotopic (exact) mass is 756 g/mol. The molecule has 0 unspecified atom stereocenters. The van der Waals surface area contributed by atoms with E-state index in [0.29, 0.717) is 0 Å². The molecule has 0 fully saturated rings. The molecular formula is H32B10ILiO30. The number of halogens is 1. The zero-order valence-electron chi connectivity index (χ0n) is 21.6. The van der Waals surface area contributed by atoms with Crippen LogP contribution in [0.15, 0.2) is 0 Å². The second-order valence-corrected chi connectivity index (χ2v) is 3.46. The fourth-order valence-corrected chi connectivity index (χ4v) is 0. The minimum absolute atomic E-state index is 0. The maximum Gasteiger partial charge on any atom is 1.00 e. The molecule has 0 atom stereocenters. The molecular weight excluding hydrogens is 722 g/mol. The summed E-state index contributed by atoms with van der Waals surface area (Å²) >= 11 is 0. The quantitative estimate of drug-likeness (QED) is 0.0806. The van der Waals surface area contributed by atoms with Crippen molar-refractivity contribution in [1.82, 2.24) is 0 Å². The minimum Gasteiger partial charge on any atom is -1.00 e. The molecule has 0 aromatic carbocycles. The first-order valence-corrected chi connectivity index (χ1v) is 7.75. The number of hydrogen-bond donors (Lipinski definition) is 30. The first kappa shape index (κ1) is 78.8. The third kappa shape index (κ3) is 107000. The molecule has 0 rings (SSSR count). The van der Waals surface area contributed by atoms with Gasteiger partial charge in [0.2, 0.25) is 0 Å². The molecule has 250 valence electrons. The van der Waals surface area contributed by atoms with Crippen molar-refractivity contribution in [2.45, 2.75) is 0 Å². The summed E-state index contributed by atoms with van der Waals surface area (Å²) < 4.78 is 0. The summed E-state index contributed by atoms with van der Waals surface area (Å²) in [7, 11) is -21.7. The summed E-state index contributed by atoms with van der Waals surface area (Å²) in [6, 6.07) is 0. The van der Waals surface area contributed by atoms with Gasteiger partial charge in [-0.1, -0.05) is 0 Å². The first-order valence-electron chi connectivity index (χ1n) is 7.75. The molecule has 0 saturated carbocycles. The molecule has 30 N–H and O–H groups in total. The fourth-order valence-electron chi connectivity index (χ4n) is 0. The molecule has 0 spiro atoms. The summed E-state index contributed by atoms with van der Waals surface area (Å²) in [5, 5.41) is 215. The van der Waals surface area contributed by atoms with Crippen molar-refractivity contribution in [2.24, 2.45) is 0 Å². The molecule has 0 aromatic rings. The molecule has 42 heavy (non-hydrogen) atoms. The van der Waals surface area contributed by atoms with Gasteiger partial charge in [-0.2, -0.15) is 0 Å². The zero-order valence-corrected chi connectivity index (χ0v) is 22.9. The van der Waals surface area contributed by atoms with Crippen LogP contribution in [0.25, 0.3) is 0 Å². The average Bonchev–Trinajstić information content (AvgIpc) is 2.47.